The Bertz CT molecular complexity index is 740. The van der Waals surface area contributed by atoms with Gasteiger partial charge in [-0.25, -0.2) is 0 Å². The van der Waals surface area contributed by atoms with E-state index < -0.39 is 11.7 Å². The quantitative estimate of drug-likeness (QED) is 0.879. The highest BCUT2D eigenvalue weighted by Crippen LogP contribution is 2.35. The van der Waals surface area contributed by atoms with Crippen molar-refractivity contribution in [2.75, 3.05) is 24.4 Å². The van der Waals surface area contributed by atoms with Gasteiger partial charge >= 0.3 is 0 Å². The van der Waals surface area contributed by atoms with Crippen LogP contribution in [0.15, 0.2) is 42.5 Å². The lowest BCUT2D eigenvalue weighted by Crippen LogP contribution is -2.12. The minimum absolute atomic E-state index is 0.414. The van der Waals surface area contributed by atoms with Gasteiger partial charge in [-0.15, -0.1) is 0 Å². The van der Waals surface area contributed by atoms with Crippen LogP contribution in [-0.4, -0.2) is 25.8 Å². The average Bonchev–Trinajstić information content (AvgIpc) is 2.80. The van der Waals surface area contributed by atoms with Crippen LogP contribution in [0.1, 0.15) is 10.4 Å². The normalized spacial score (nSPS) is 12.9. The first-order chi connectivity index (χ1) is 10.1. The van der Waals surface area contributed by atoms with Crippen LogP contribution in [-0.2, 0) is 4.79 Å². The number of benzene rings is 2. The highest BCUT2D eigenvalue weighted by atomic mass is 16.5. The molecule has 1 amide bonds. The van der Waals surface area contributed by atoms with Gasteiger partial charge in [-0.1, -0.05) is 12.1 Å². The van der Waals surface area contributed by atoms with Crippen molar-refractivity contribution in [3.8, 4) is 5.75 Å². The number of hydrogen-bond acceptors (Lipinski definition) is 4. The van der Waals surface area contributed by atoms with Crippen molar-refractivity contribution in [1.29, 1.82) is 0 Å². The maximum absolute atomic E-state index is 11.6. The Kier molecular flexibility index (Phi) is 3.10. The lowest BCUT2D eigenvalue weighted by Gasteiger charge is -2.22. The maximum atomic E-state index is 11.6. The molecule has 0 spiro atoms. The number of ether oxygens (including phenoxy) is 1. The largest absolute Gasteiger partial charge is 0.495 e. The zero-order valence-electron chi connectivity index (χ0n) is 11.7. The molecule has 0 aromatic heterocycles. The summed E-state index contributed by atoms with van der Waals surface area (Å²) in [6.07, 6.45) is 0. The van der Waals surface area contributed by atoms with Gasteiger partial charge in [0.05, 0.1) is 24.0 Å². The smallest absolute Gasteiger partial charge is 0.296 e. The highest BCUT2D eigenvalue weighted by Gasteiger charge is 2.28. The molecule has 1 N–H and O–H groups in total. The zero-order valence-corrected chi connectivity index (χ0v) is 11.7. The predicted molar refractivity (Wildman–Crippen MR) is 80.5 cm³/mol. The van der Waals surface area contributed by atoms with Crippen LogP contribution in [0.5, 0.6) is 5.75 Å². The summed E-state index contributed by atoms with van der Waals surface area (Å²) in [6, 6.07) is 12.9. The standard InChI is InChI=1S/C16H14N2O3/c1-18(13-5-3-4-6-14(13)21-2)10-7-8-11-12(9-10)17-16(20)15(11)19/h3-9H,1-2H3,(H,17,19,20). The number of methoxy groups -OCH3 is 1. The number of amides is 1. The predicted octanol–water partition coefficient (Wildman–Crippen LogP) is 2.60. The van der Waals surface area contributed by atoms with Gasteiger partial charge in [0, 0.05) is 12.7 Å². The van der Waals surface area contributed by atoms with E-state index >= 15 is 0 Å². The second-order valence-corrected chi connectivity index (χ2v) is 4.74. The van der Waals surface area contributed by atoms with Crippen molar-refractivity contribution in [3.63, 3.8) is 0 Å². The number of rotatable bonds is 3. The molecule has 0 atom stereocenters. The number of fused-ring (bicyclic) bond motifs is 1. The average molecular weight is 282 g/mol. The number of carbonyl (C=O) groups excluding carboxylic acids is 2. The van der Waals surface area contributed by atoms with Crippen molar-refractivity contribution in [2.45, 2.75) is 0 Å². The van der Waals surface area contributed by atoms with E-state index in [1.807, 2.05) is 42.3 Å². The monoisotopic (exact) mass is 282 g/mol. The van der Waals surface area contributed by atoms with Gasteiger partial charge < -0.3 is 15.0 Å². The van der Waals surface area contributed by atoms with E-state index in [2.05, 4.69) is 5.32 Å². The third-order valence-corrected chi connectivity index (χ3v) is 3.54. The van der Waals surface area contributed by atoms with Gasteiger partial charge in [0.1, 0.15) is 5.75 Å². The number of anilines is 3. The van der Waals surface area contributed by atoms with Crippen LogP contribution in [0.4, 0.5) is 17.1 Å². The summed E-state index contributed by atoms with van der Waals surface area (Å²) in [7, 11) is 3.52. The van der Waals surface area contributed by atoms with E-state index in [1.165, 1.54) is 0 Å². The van der Waals surface area contributed by atoms with Crippen LogP contribution in [0, 0.1) is 0 Å². The minimum atomic E-state index is -0.581. The van der Waals surface area contributed by atoms with E-state index in [-0.39, 0.29) is 0 Å². The first-order valence-electron chi connectivity index (χ1n) is 6.48. The Labute approximate surface area is 122 Å². The van der Waals surface area contributed by atoms with Crippen LogP contribution in [0.25, 0.3) is 0 Å². The van der Waals surface area contributed by atoms with Gasteiger partial charge in [-0.3, -0.25) is 9.59 Å². The van der Waals surface area contributed by atoms with Crippen LogP contribution < -0.4 is 15.0 Å². The molecular weight excluding hydrogens is 268 g/mol. The molecule has 0 aliphatic carbocycles. The molecule has 0 fully saturated rings. The molecule has 106 valence electrons. The Morgan fingerprint density at radius 2 is 1.86 bits per heavy atom. The van der Waals surface area contributed by atoms with Crippen LogP contribution >= 0.6 is 0 Å². The van der Waals surface area contributed by atoms with Crippen molar-refractivity contribution in [1.82, 2.24) is 0 Å². The first kappa shape index (κ1) is 13.2. The zero-order chi connectivity index (χ0) is 15.0. The van der Waals surface area contributed by atoms with Crippen molar-refractivity contribution >= 4 is 28.8 Å². The molecule has 0 saturated carbocycles. The number of nitrogens with one attached hydrogen (secondary N) is 1. The lowest BCUT2D eigenvalue weighted by atomic mass is 10.1. The molecular formula is C16H14N2O3. The molecule has 5 heteroatoms. The van der Waals surface area contributed by atoms with E-state index in [0.29, 0.717) is 11.3 Å². The van der Waals surface area contributed by atoms with Crippen molar-refractivity contribution in [3.05, 3.63) is 48.0 Å². The molecule has 1 aliphatic rings. The lowest BCUT2D eigenvalue weighted by molar-refractivity contribution is -0.112. The fraction of sp³-hybridized carbons (Fsp3) is 0.125. The Morgan fingerprint density at radius 1 is 1.10 bits per heavy atom. The summed E-state index contributed by atoms with van der Waals surface area (Å²) >= 11 is 0. The SMILES string of the molecule is COc1ccccc1N(C)c1ccc2c(c1)NC(=O)C2=O. The molecule has 1 aliphatic heterocycles. The number of carbonyl (C=O) groups is 2. The molecule has 3 rings (SSSR count). The fourth-order valence-corrected chi connectivity index (χ4v) is 2.39. The number of Topliss-reactive ketones (excluding diaryl/α,β-unsaturated/α-hetero) is 1. The Hall–Kier alpha value is -2.82. The summed E-state index contributed by atoms with van der Waals surface area (Å²) in [5.41, 5.74) is 2.71. The van der Waals surface area contributed by atoms with Gasteiger partial charge in [-0.05, 0) is 30.3 Å². The molecule has 21 heavy (non-hydrogen) atoms. The topological polar surface area (TPSA) is 58.6 Å². The summed E-state index contributed by atoms with van der Waals surface area (Å²) in [6.45, 7) is 0. The second-order valence-electron chi connectivity index (χ2n) is 4.74. The highest BCUT2D eigenvalue weighted by molar-refractivity contribution is 6.51. The molecule has 0 radical (unpaired) electrons. The molecule has 1 heterocycles. The van der Waals surface area contributed by atoms with E-state index in [1.54, 1.807) is 19.2 Å². The molecule has 5 nitrogen and oxygen atoms in total. The molecule has 0 bridgehead atoms. The van der Waals surface area contributed by atoms with Gasteiger partial charge in [0.2, 0.25) is 0 Å². The van der Waals surface area contributed by atoms with E-state index in [0.717, 1.165) is 17.1 Å². The number of nitrogens with zero attached hydrogens (tertiary/aromatic N) is 1. The van der Waals surface area contributed by atoms with Gasteiger partial charge in [0.25, 0.3) is 11.7 Å². The first-order valence-corrected chi connectivity index (χ1v) is 6.48. The van der Waals surface area contributed by atoms with E-state index in [9.17, 15) is 9.59 Å². The van der Waals surface area contributed by atoms with Crippen LogP contribution in [0.2, 0.25) is 0 Å². The van der Waals surface area contributed by atoms with Gasteiger partial charge in [0.15, 0.2) is 0 Å². The molecule has 0 saturated heterocycles. The third-order valence-electron chi connectivity index (χ3n) is 3.54. The fourth-order valence-electron chi connectivity index (χ4n) is 2.39. The van der Waals surface area contributed by atoms with Crippen molar-refractivity contribution in [2.24, 2.45) is 0 Å². The van der Waals surface area contributed by atoms with Crippen molar-refractivity contribution < 1.29 is 14.3 Å². The minimum Gasteiger partial charge on any atom is -0.495 e. The van der Waals surface area contributed by atoms with Gasteiger partial charge in [-0.2, -0.15) is 0 Å². The second kappa shape index (κ2) is 4.94. The summed E-state index contributed by atoms with van der Waals surface area (Å²) in [5.74, 6) is -0.320. The number of ketones is 1. The Balaban J connectivity index is 2.00. The molecule has 2 aromatic rings. The summed E-state index contributed by atoms with van der Waals surface area (Å²) in [5, 5.41) is 2.58. The summed E-state index contributed by atoms with van der Waals surface area (Å²) in [4.78, 5) is 24.9. The molecule has 2 aromatic carbocycles. The maximum Gasteiger partial charge on any atom is 0.296 e. The number of hydrogen-bond donors (Lipinski definition) is 1. The molecule has 0 unspecified atom stereocenters. The van der Waals surface area contributed by atoms with Crippen LogP contribution in [0.3, 0.4) is 0 Å². The number of para-hydroxylation sites is 2. The van der Waals surface area contributed by atoms with E-state index in [4.69, 9.17) is 4.74 Å². The third kappa shape index (κ3) is 2.12. The Morgan fingerprint density at radius 3 is 2.62 bits per heavy atom. The summed E-state index contributed by atoms with van der Waals surface area (Å²) < 4.78 is 5.35.